The van der Waals surface area contributed by atoms with Crippen molar-refractivity contribution in [3.8, 4) is 5.75 Å². The zero-order chi connectivity index (χ0) is 14.0. The Labute approximate surface area is 110 Å². The van der Waals surface area contributed by atoms with Crippen LogP contribution in [-0.4, -0.2) is 44.7 Å². The smallest absolute Gasteiger partial charge is 0.244 e. The molecule has 1 N–H and O–H groups in total. The van der Waals surface area contributed by atoms with E-state index in [0.717, 1.165) is 4.31 Å². The Morgan fingerprint density at radius 2 is 1.84 bits per heavy atom. The number of carbonyl (C=O) groups is 2. The van der Waals surface area contributed by atoms with Crippen LogP contribution in [0.2, 0.25) is 0 Å². The van der Waals surface area contributed by atoms with E-state index in [-0.39, 0.29) is 18.0 Å². The average Bonchev–Trinajstić information content (AvgIpc) is 2.37. The van der Waals surface area contributed by atoms with Gasteiger partial charge in [0.2, 0.25) is 21.8 Å². The first kappa shape index (κ1) is 13.5. The second kappa shape index (κ2) is 4.98. The van der Waals surface area contributed by atoms with Gasteiger partial charge in [-0.15, -0.1) is 0 Å². The van der Waals surface area contributed by atoms with Crippen LogP contribution in [0.15, 0.2) is 29.2 Å². The standard InChI is InChI=1S/C11H12N2O5S/c1-18-8-3-2-4-9(5-8)19(16,17)13-6-10(14)12-11(15)7-13/h2-5H,6-7H2,1H3,(H,12,14,15). The van der Waals surface area contributed by atoms with E-state index in [1.165, 1.54) is 25.3 Å². The third kappa shape index (κ3) is 2.74. The van der Waals surface area contributed by atoms with Crippen LogP contribution in [0.25, 0.3) is 0 Å². The first-order valence-electron chi connectivity index (χ1n) is 5.40. The lowest BCUT2D eigenvalue weighted by atomic mass is 10.3. The summed E-state index contributed by atoms with van der Waals surface area (Å²) in [5.41, 5.74) is 0. The lowest BCUT2D eigenvalue weighted by Crippen LogP contribution is -2.53. The second-order valence-corrected chi connectivity index (χ2v) is 5.86. The number of carbonyl (C=O) groups excluding carboxylic acids is 2. The van der Waals surface area contributed by atoms with Gasteiger partial charge in [-0.25, -0.2) is 8.42 Å². The van der Waals surface area contributed by atoms with Crippen LogP contribution in [0.1, 0.15) is 0 Å². The molecule has 0 aliphatic carbocycles. The van der Waals surface area contributed by atoms with Crippen molar-refractivity contribution < 1.29 is 22.7 Å². The van der Waals surface area contributed by atoms with Crippen molar-refractivity contribution in [2.75, 3.05) is 20.2 Å². The molecular formula is C11H12N2O5S. The van der Waals surface area contributed by atoms with Crippen molar-refractivity contribution in [1.29, 1.82) is 0 Å². The molecule has 2 amide bonds. The van der Waals surface area contributed by atoms with Crippen molar-refractivity contribution in [2.24, 2.45) is 0 Å². The van der Waals surface area contributed by atoms with Crippen molar-refractivity contribution in [2.45, 2.75) is 4.90 Å². The van der Waals surface area contributed by atoms with Gasteiger partial charge in [0.15, 0.2) is 0 Å². The number of benzene rings is 1. The Hall–Kier alpha value is -1.93. The molecule has 2 rings (SSSR count). The molecule has 1 aliphatic heterocycles. The summed E-state index contributed by atoms with van der Waals surface area (Å²) >= 11 is 0. The number of ether oxygens (including phenoxy) is 1. The molecule has 1 saturated heterocycles. The van der Waals surface area contributed by atoms with Crippen LogP contribution in [0.4, 0.5) is 0 Å². The summed E-state index contributed by atoms with van der Waals surface area (Å²) in [5, 5.41) is 2.05. The first-order valence-corrected chi connectivity index (χ1v) is 6.84. The maximum absolute atomic E-state index is 12.3. The molecular weight excluding hydrogens is 272 g/mol. The fourth-order valence-corrected chi connectivity index (χ4v) is 3.08. The monoisotopic (exact) mass is 284 g/mol. The van der Waals surface area contributed by atoms with Crippen LogP contribution < -0.4 is 10.1 Å². The molecule has 1 heterocycles. The molecule has 1 aliphatic rings. The van der Waals surface area contributed by atoms with E-state index in [1.54, 1.807) is 6.07 Å². The minimum Gasteiger partial charge on any atom is -0.497 e. The van der Waals surface area contributed by atoms with Gasteiger partial charge in [-0.2, -0.15) is 4.31 Å². The lowest BCUT2D eigenvalue weighted by Gasteiger charge is -2.24. The molecule has 1 fully saturated rings. The van der Waals surface area contributed by atoms with Gasteiger partial charge in [0.05, 0.1) is 25.1 Å². The molecule has 7 nitrogen and oxygen atoms in total. The highest BCUT2D eigenvalue weighted by atomic mass is 32.2. The Morgan fingerprint density at radius 1 is 1.21 bits per heavy atom. The Morgan fingerprint density at radius 3 is 2.42 bits per heavy atom. The second-order valence-electron chi connectivity index (χ2n) is 3.92. The summed E-state index contributed by atoms with van der Waals surface area (Å²) in [7, 11) is -2.47. The van der Waals surface area contributed by atoms with E-state index in [0.29, 0.717) is 5.75 Å². The summed E-state index contributed by atoms with van der Waals surface area (Å²) in [6, 6.07) is 5.85. The summed E-state index contributed by atoms with van der Waals surface area (Å²) < 4.78 is 30.4. The number of piperazine rings is 1. The maximum atomic E-state index is 12.3. The predicted octanol–water partition coefficient (Wildman–Crippen LogP) is -0.658. The number of amides is 2. The molecule has 0 saturated carbocycles. The number of nitrogens with zero attached hydrogens (tertiary/aromatic N) is 1. The van der Waals surface area contributed by atoms with E-state index in [9.17, 15) is 18.0 Å². The molecule has 19 heavy (non-hydrogen) atoms. The van der Waals surface area contributed by atoms with Crippen LogP contribution in [0.5, 0.6) is 5.75 Å². The number of methoxy groups -OCH3 is 1. The number of imide groups is 1. The van der Waals surface area contributed by atoms with Gasteiger partial charge in [0.1, 0.15) is 5.75 Å². The number of hydrogen-bond donors (Lipinski definition) is 1. The van der Waals surface area contributed by atoms with Gasteiger partial charge in [0.25, 0.3) is 0 Å². The van der Waals surface area contributed by atoms with E-state index >= 15 is 0 Å². The van der Waals surface area contributed by atoms with Gasteiger partial charge in [-0.05, 0) is 12.1 Å². The molecule has 0 radical (unpaired) electrons. The van der Waals surface area contributed by atoms with Crippen molar-refractivity contribution in [1.82, 2.24) is 9.62 Å². The zero-order valence-corrected chi connectivity index (χ0v) is 10.9. The molecule has 102 valence electrons. The Kier molecular flexibility index (Phi) is 3.54. The molecule has 1 aromatic carbocycles. The van der Waals surface area contributed by atoms with Gasteiger partial charge in [-0.3, -0.25) is 14.9 Å². The minimum absolute atomic E-state index is 0.0191. The molecule has 1 aromatic rings. The van der Waals surface area contributed by atoms with E-state index in [4.69, 9.17) is 4.74 Å². The third-order valence-electron chi connectivity index (χ3n) is 2.60. The maximum Gasteiger partial charge on any atom is 0.244 e. The Balaban J connectivity index is 2.36. The fraction of sp³-hybridized carbons (Fsp3) is 0.273. The van der Waals surface area contributed by atoms with Gasteiger partial charge in [0, 0.05) is 6.07 Å². The molecule has 0 unspecified atom stereocenters. The van der Waals surface area contributed by atoms with E-state index < -0.39 is 21.8 Å². The van der Waals surface area contributed by atoms with Crippen LogP contribution in [0.3, 0.4) is 0 Å². The number of sulfonamides is 1. The minimum atomic E-state index is -3.89. The zero-order valence-electron chi connectivity index (χ0n) is 10.1. The van der Waals surface area contributed by atoms with Gasteiger partial charge in [-0.1, -0.05) is 6.07 Å². The topological polar surface area (TPSA) is 92.8 Å². The van der Waals surface area contributed by atoms with Gasteiger partial charge >= 0.3 is 0 Å². The predicted molar refractivity (Wildman–Crippen MR) is 64.9 cm³/mol. The first-order chi connectivity index (χ1) is 8.93. The van der Waals surface area contributed by atoms with E-state index in [2.05, 4.69) is 0 Å². The molecule has 0 spiro atoms. The van der Waals surface area contributed by atoms with Crippen LogP contribution >= 0.6 is 0 Å². The molecule has 0 bridgehead atoms. The Bertz CT molecular complexity index is 610. The van der Waals surface area contributed by atoms with Crippen molar-refractivity contribution in [3.63, 3.8) is 0 Å². The summed E-state index contributed by atoms with van der Waals surface area (Å²) in [5.74, 6) is -0.890. The molecule has 8 heteroatoms. The third-order valence-corrected chi connectivity index (χ3v) is 4.39. The SMILES string of the molecule is COc1cccc(S(=O)(=O)N2CC(=O)NC(=O)C2)c1. The lowest BCUT2D eigenvalue weighted by molar-refractivity contribution is -0.134. The quantitative estimate of drug-likeness (QED) is 0.744. The number of hydrogen-bond acceptors (Lipinski definition) is 5. The summed E-state index contributed by atoms with van der Waals surface area (Å²) in [4.78, 5) is 22.4. The van der Waals surface area contributed by atoms with Crippen molar-refractivity contribution in [3.05, 3.63) is 24.3 Å². The van der Waals surface area contributed by atoms with E-state index in [1.807, 2.05) is 5.32 Å². The van der Waals surface area contributed by atoms with Gasteiger partial charge < -0.3 is 4.74 Å². The van der Waals surface area contributed by atoms with Crippen LogP contribution in [0, 0.1) is 0 Å². The number of nitrogens with one attached hydrogen (secondary N) is 1. The number of rotatable bonds is 3. The highest BCUT2D eigenvalue weighted by Gasteiger charge is 2.32. The highest BCUT2D eigenvalue weighted by Crippen LogP contribution is 2.21. The summed E-state index contributed by atoms with van der Waals surface area (Å²) in [6.07, 6.45) is 0. The van der Waals surface area contributed by atoms with Crippen LogP contribution in [-0.2, 0) is 19.6 Å². The average molecular weight is 284 g/mol. The highest BCUT2D eigenvalue weighted by molar-refractivity contribution is 7.89. The summed E-state index contributed by atoms with van der Waals surface area (Å²) in [6.45, 7) is -0.740. The molecule has 0 aromatic heterocycles. The fourth-order valence-electron chi connectivity index (χ4n) is 1.69. The normalized spacial score (nSPS) is 17.1. The molecule has 0 atom stereocenters. The van der Waals surface area contributed by atoms with Crippen molar-refractivity contribution >= 4 is 21.8 Å². The largest absolute Gasteiger partial charge is 0.497 e.